The van der Waals surface area contributed by atoms with Gasteiger partial charge in [-0.2, -0.15) is 9.97 Å². The van der Waals surface area contributed by atoms with Gasteiger partial charge >= 0.3 is 11.8 Å². The maximum absolute atomic E-state index is 12.7. The minimum Gasteiger partial charge on any atom is -0.444 e. The molecule has 10 nitrogen and oxygen atoms in total. The van der Waals surface area contributed by atoms with Crippen LogP contribution in [0.1, 0.15) is 39.7 Å². The molecule has 1 N–H and O–H groups in total. The minimum atomic E-state index is -0.535. The van der Waals surface area contributed by atoms with Gasteiger partial charge in [-0.1, -0.05) is 0 Å². The normalized spacial score (nSPS) is 18.8. The summed E-state index contributed by atoms with van der Waals surface area (Å²) in [7, 11) is 0. The number of anilines is 1. The maximum Gasteiger partial charge on any atom is 0.410 e. The van der Waals surface area contributed by atoms with Gasteiger partial charge < -0.3 is 24.3 Å². The number of aromatic nitrogens is 4. The zero-order chi connectivity index (χ0) is 21.5. The van der Waals surface area contributed by atoms with Crippen molar-refractivity contribution < 1.29 is 14.3 Å². The number of rotatable bonds is 2. The van der Waals surface area contributed by atoms with Crippen molar-refractivity contribution in [1.29, 1.82) is 0 Å². The molecule has 164 valence electrons. The van der Waals surface area contributed by atoms with Gasteiger partial charge in [0.1, 0.15) is 11.1 Å². The molecule has 2 saturated heterocycles. The summed E-state index contributed by atoms with van der Waals surface area (Å²) in [4.78, 5) is 40.4. The first-order valence-electron chi connectivity index (χ1n) is 10.2. The molecular formula is C19H27ClN6O4. The van der Waals surface area contributed by atoms with E-state index in [2.05, 4.69) is 15.0 Å². The van der Waals surface area contributed by atoms with Crippen LogP contribution in [0.5, 0.6) is 0 Å². The molecule has 1 amide bonds. The second-order valence-electron chi connectivity index (χ2n) is 8.61. The Morgan fingerprint density at radius 2 is 1.83 bits per heavy atom. The maximum atomic E-state index is 12.7. The van der Waals surface area contributed by atoms with Crippen LogP contribution in [-0.2, 0) is 9.47 Å². The van der Waals surface area contributed by atoms with E-state index in [9.17, 15) is 9.59 Å². The molecule has 0 unspecified atom stereocenters. The molecule has 0 atom stereocenters. The van der Waals surface area contributed by atoms with Crippen molar-refractivity contribution in [3.8, 4) is 0 Å². The molecule has 0 aliphatic carbocycles. The third-order valence-corrected chi connectivity index (χ3v) is 5.48. The number of hydrogen-bond acceptors (Lipinski definition) is 7. The molecule has 0 radical (unpaired) electrons. The molecule has 0 spiro atoms. The van der Waals surface area contributed by atoms with Crippen molar-refractivity contribution in [2.45, 2.75) is 45.3 Å². The van der Waals surface area contributed by atoms with Gasteiger partial charge in [-0.15, -0.1) is 0 Å². The van der Waals surface area contributed by atoms with Crippen LogP contribution in [0.3, 0.4) is 0 Å². The Bertz CT molecular complexity index is 983. The van der Waals surface area contributed by atoms with Gasteiger partial charge in [0.15, 0.2) is 11.5 Å². The molecule has 11 heteroatoms. The average Bonchev–Trinajstić information content (AvgIpc) is 3.02. The zero-order valence-electron chi connectivity index (χ0n) is 17.5. The van der Waals surface area contributed by atoms with Gasteiger partial charge in [0.2, 0.25) is 5.28 Å². The van der Waals surface area contributed by atoms with Gasteiger partial charge in [-0.3, -0.25) is 4.57 Å². The molecule has 2 aliphatic heterocycles. The molecule has 2 aliphatic rings. The van der Waals surface area contributed by atoms with E-state index >= 15 is 0 Å². The molecule has 2 aromatic rings. The Labute approximate surface area is 179 Å². The number of nitrogens with zero attached hydrogens (tertiary/aromatic N) is 5. The highest BCUT2D eigenvalue weighted by Crippen LogP contribution is 2.28. The number of piperazine rings is 1. The van der Waals surface area contributed by atoms with E-state index in [1.165, 1.54) is 0 Å². The molecule has 0 bridgehead atoms. The van der Waals surface area contributed by atoms with E-state index in [4.69, 9.17) is 21.1 Å². The summed E-state index contributed by atoms with van der Waals surface area (Å²) >= 11 is 6.23. The molecule has 2 aromatic heterocycles. The number of aromatic amines is 1. The zero-order valence-corrected chi connectivity index (χ0v) is 18.2. The number of ether oxygens (including phenoxy) is 2. The molecule has 2 fully saturated rings. The van der Waals surface area contributed by atoms with Crippen molar-refractivity contribution >= 4 is 34.7 Å². The first kappa shape index (κ1) is 20.9. The van der Waals surface area contributed by atoms with Crippen molar-refractivity contribution in [3.63, 3.8) is 0 Å². The Morgan fingerprint density at radius 1 is 1.17 bits per heavy atom. The lowest BCUT2D eigenvalue weighted by Crippen LogP contribution is -2.50. The van der Waals surface area contributed by atoms with Crippen LogP contribution in [0.15, 0.2) is 4.79 Å². The van der Waals surface area contributed by atoms with Crippen molar-refractivity contribution in [2.24, 2.45) is 0 Å². The fraction of sp³-hybridized carbons (Fsp3) is 0.684. The predicted octanol–water partition coefficient (Wildman–Crippen LogP) is 2.18. The largest absolute Gasteiger partial charge is 0.444 e. The number of fused-ring (bicyclic) bond motifs is 1. The van der Waals surface area contributed by atoms with E-state index in [1.54, 1.807) is 9.47 Å². The van der Waals surface area contributed by atoms with Gasteiger partial charge in [-0.25, -0.2) is 9.59 Å². The van der Waals surface area contributed by atoms with Crippen LogP contribution >= 0.6 is 11.6 Å². The van der Waals surface area contributed by atoms with Crippen LogP contribution in [-0.4, -0.2) is 75.5 Å². The quantitative estimate of drug-likeness (QED) is 0.716. The summed E-state index contributed by atoms with van der Waals surface area (Å²) in [6.07, 6.45) is 1.17. The SMILES string of the molecule is CC(C)(C)OC(=O)N1CCN(c2nc(Cl)nc3c2[nH]c(=O)n3C2CCOCC2)CC1. The standard InChI is InChI=1S/C19H27ClN6O4/c1-19(2,3)30-18(28)25-8-6-24(7-9-25)14-13-15(23-16(20)22-14)26(17(27)21-13)12-4-10-29-11-5-12/h12H,4-11H2,1-3H3,(H,21,27). The van der Waals surface area contributed by atoms with Crippen molar-refractivity contribution in [2.75, 3.05) is 44.3 Å². The van der Waals surface area contributed by atoms with E-state index in [0.717, 1.165) is 12.8 Å². The van der Waals surface area contributed by atoms with Gasteiger partial charge in [0.05, 0.1) is 0 Å². The summed E-state index contributed by atoms with van der Waals surface area (Å²) in [5, 5.41) is 0.0897. The highest BCUT2D eigenvalue weighted by atomic mass is 35.5. The van der Waals surface area contributed by atoms with Gasteiger partial charge in [0.25, 0.3) is 0 Å². The van der Waals surface area contributed by atoms with Crippen LogP contribution in [0.2, 0.25) is 5.28 Å². The number of carbonyl (C=O) groups is 1. The summed E-state index contributed by atoms with van der Waals surface area (Å²) in [6, 6.07) is 0.0165. The molecular weight excluding hydrogens is 412 g/mol. The van der Waals surface area contributed by atoms with Gasteiger partial charge in [-0.05, 0) is 45.2 Å². The van der Waals surface area contributed by atoms with Crippen LogP contribution in [0, 0.1) is 0 Å². The summed E-state index contributed by atoms with van der Waals surface area (Å²) in [5.41, 5.74) is 0.327. The van der Waals surface area contributed by atoms with E-state index < -0.39 is 5.60 Å². The second-order valence-corrected chi connectivity index (χ2v) is 8.95. The summed E-state index contributed by atoms with van der Waals surface area (Å²) < 4.78 is 12.5. The highest BCUT2D eigenvalue weighted by molar-refractivity contribution is 6.28. The molecule has 0 saturated carbocycles. The molecule has 30 heavy (non-hydrogen) atoms. The number of nitrogens with one attached hydrogen (secondary N) is 1. The number of carbonyl (C=O) groups excluding carboxylic acids is 1. The van der Waals surface area contributed by atoms with Crippen LogP contribution in [0.4, 0.5) is 10.6 Å². The second kappa shape index (κ2) is 8.07. The fourth-order valence-electron chi connectivity index (χ4n) is 3.90. The lowest BCUT2D eigenvalue weighted by Gasteiger charge is -2.36. The summed E-state index contributed by atoms with van der Waals surface area (Å²) in [5.74, 6) is 0.580. The molecule has 4 rings (SSSR count). The first-order valence-corrected chi connectivity index (χ1v) is 10.6. The predicted molar refractivity (Wildman–Crippen MR) is 112 cm³/mol. The Balaban J connectivity index is 1.58. The third-order valence-electron chi connectivity index (χ3n) is 5.31. The van der Waals surface area contributed by atoms with Crippen molar-refractivity contribution in [1.82, 2.24) is 24.4 Å². The van der Waals surface area contributed by atoms with Crippen LogP contribution < -0.4 is 10.6 Å². The Kier molecular flexibility index (Phi) is 5.63. The lowest BCUT2D eigenvalue weighted by molar-refractivity contribution is 0.0240. The Morgan fingerprint density at radius 3 is 2.47 bits per heavy atom. The Hall–Kier alpha value is -2.33. The monoisotopic (exact) mass is 438 g/mol. The first-order chi connectivity index (χ1) is 14.2. The number of halogens is 1. The third kappa shape index (κ3) is 4.24. The molecule has 0 aromatic carbocycles. The average molecular weight is 439 g/mol. The fourth-order valence-corrected chi connectivity index (χ4v) is 4.06. The highest BCUT2D eigenvalue weighted by Gasteiger charge is 2.29. The number of hydrogen-bond donors (Lipinski definition) is 1. The van der Waals surface area contributed by atoms with Crippen molar-refractivity contribution in [3.05, 3.63) is 15.8 Å². The van der Waals surface area contributed by atoms with E-state index in [0.29, 0.717) is 56.4 Å². The smallest absolute Gasteiger partial charge is 0.410 e. The molecule has 4 heterocycles. The number of amides is 1. The minimum absolute atomic E-state index is 0.0165. The van der Waals surface area contributed by atoms with E-state index in [-0.39, 0.29) is 23.1 Å². The number of imidazole rings is 1. The topological polar surface area (TPSA) is 106 Å². The van der Waals surface area contributed by atoms with Gasteiger partial charge in [0, 0.05) is 45.4 Å². The van der Waals surface area contributed by atoms with E-state index in [1.807, 2.05) is 25.7 Å². The summed E-state index contributed by atoms with van der Waals surface area (Å²) in [6.45, 7) is 8.84. The lowest BCUT2D eigenvalue weighted by atomic mass is 10.1. The number of H-pyrrole nitrogens is 1. The van der Waals surface area contributed by atoms with Crippen LogP contribution in [0.25, 0.3) is 11.2 Å².